The summed E-state index contributed by atoms with van der Waals surface area (Å²) >= 11 is 0.791. The Morgan fingerprint density at radius 2 is 1.89 bits per heavy atom. The van der Waals surface area contributed by atoms with Gasteiger partial charge in [0.15, 0.2) is 0 Å². The second kappa shape index (κ2) is 8.27. The maximum absolute atomic E-state index is 12.7. The minimum atomic E-state index is -4.71. The fourth-order valence-electron chi connectivity index (χ4n) is 2.58. The lowest BCUT2D eigenvalue weighted by Crippen LogP contribution is -2.36. The molecule has 1 saturated heterocycles. The number of amides is 1. The molecule has 2 aromatic rings. The topological polar surface area (TPSA) is 98.3 Å². The highest BCUT2D eigenvalue weighted by atomic mass is 32.2. The average molecular weight is 416 g/mol. The molecule has 2 heterocycles. The van der Waals surface area contributed by atoms with Crippen LogP contribution in [0.15, 0.2) is 29.4 Å². The third kappa shape index (κ3) is 4.68. The van der Waals surface area contributed by atoms with Crippen LogP contribution >= 0.6 is 11.8 Å². The van der Waals surface area contributed by atoms with Crippen molar-refractivity contribution in [3.05, 3.63) is 30.1 Å². The highest BCUT2D eigenvalue weighted by Gasteiger charge is 2.38. The number of nitrogens with two attached hydrogens (primary N) is 1. The van der Waals surface area contributed by atoms with Crippen molar-refractivity contribution in [3.8, 4) is 0 Å². The summed E-state index contributed by atoms with van der Waals surface area (Å²) in [5.41, 5.74) is 1.61. The van der Waals surface area contributed by atoms with Crippen LogP contribution in [0.3, 0.4) is 0 Å². The van der Waals surface area contributed by atoms with Crippen molar-refractivity contribution in [1.29, 1.82) is 0 Å². The molecular weight excluding hydrogens is 397 g/mol. The maximum Gasteiger partial charge on any atom is 0.453 e. The second-order valence-electron chi connectivity index (χ2n) is 6.07. The Bertz CT molecular complexity index is 821. The minimum absolute atomic E-state index is 0.197. The van der Waals surface area contributed by atoms with Gasteiger partial charge in [0.2, 0.25) is 11.1 Å². The van der Waals surface area contributed by atoms with Crippen LogP contribution in [0.4, 0.5) is 24.5 Å². The maximum atomic E-state index is 12.7. The van der Waals surface area contributed by atoms with E-state index in [1.54, 1.807) is 19.1 Å². The Morgan fingerprint density at radius 3 is 2.46 bits per heavy atom. The van der Waals surface area contributed by atoms with Gasteiger partial charge in [0.1, 0.15) is 0 Å². The van der Waals surface area contributed by atoms with Gasteiger partial charge in [-0.25, -0.2) is 4.68 Å². The molecule has 28 heavy (non-hydrogen) atoms. The smallest absolute Gasteiger partial charge is 0.378 e. The van der Waals surface area contributed by atoms with Gasteiger partial charge in [0.05, 0.1) is 18.5 Å². The molecule has 1 fully saturated rings. The van der Waals surface area contributed by atoms with Crippen molar-refractivity contribution in [2.24, 2.45) is 0 Å². The van der Waals surface area contributed by atoms with Crippen molar-refractivity contribution < 1.29 is 22.7 Å². The average Bonchev–Trinajstić information content (AvgIpc) is 3.03. The van der Waals surface area contributed by atoms with E-state index in [0.717, 1.165) is 30.5 Å². The monoisotopic (exact) mass is 416 g/mol. The number of ether oxygens (including phenoxy) is 1. The molecule has 0 saturated carbocycles. The molecule has 3 rings (SSSR count). The van der Waals surface area contributed by atoms with Crippen LogP contribution in [0.2, 0.25) is 0 Å². The molecule has 1 aromatic carbocycles. The summed E-state index contributed by atoms with van der Waals surface area (Å²) in [6.45, 7) is 4.51. The fraction of sp³-hybridized carbons (Fsp3) is 0.438. The van der Waals surface area contributed by atoms with Crippen molar-refractivity contribution in [2.45, 2.75) is 23.5 Å². The molecular formula is C16H19F3N6O2S. The summed E-state index contributed by atoms with van der Waals surface area (Å²) in [5.74, 6) is 3.68. The number of anilines is 2. The van der Waals surface area contributed by atoms with Gasteiger partial charge in [-0.05, 0) is 31.2 Å². The third-order valence-corrected chi connectivity index (χ3v) is 5.14. The highest BCUT2D eigenvalue weighted by molar-refractivity contribution is 8.00. The number of carbonyl (C=O) groups excluding carboxylic acids is 1. The lowest BCUT2D eigenvalue weighted by Gasteiger charge is -2.28. The zero-order chi connectivity index (χ0) is 20.3. The first-order chi connectivity index (χ1) is 13.3. The molecule has 0 radical (unpaired) electrons. The van der Waals surface area contributed by atoms with Gasteiger partial charge in [0.25, 0.3) is 5.82 Å². The van der Waals surface area contributed by atoms with Crippen LogP contribution in [-0.4, -0.2) is 52.3 Å². The third-order valence-electron chi connectivity index (χ3n) is 4.08. The van der Waals surface area contributed by atoms with Gasteiger partial charge in [-0.3, -0.25) is 4.79 Å². The standard InChI is InChI=1S/C16H19F3N6O2S/c1-10(28-15-23-22-14(25(15)20)16(17,18)19)13(26)21-11-2-4-12(5-3-11)24-6-8-27-9-7-24/h2-5,10H,6-9,20H2,1H3,(H,21,26)/t10-/m1/s1. The Kier molecular flexibility index (Phi) is 5.98. The molecule has 152 valence electrons. The lowest BCUT2D eigenvalue weighted by molar-refractivity contribution is -0.146. The number of aromatic nitrogens is 3. The lowest BCUT2D eigenvalue weighted by atomic mass is 10.2. The summed E-state index contributed by atoms with van der Waals surface area (Å²) in [7, 11) is 0. The summed E-state index contributed by atoms with van der Waals surface area (Å²) in [6, 6.07) is 7.33. The molecule has 1 aliphatic rings. The summed E-state index contributed by atoms with van der Waals surface area (Å²) in [6.07, 6.45) is -4.71. The zero-order valence-electron chi connectivity index (χ0n) is 14.9. The van der Waals surface area contributed by atoms with Crippen LogP contribution in [0, 0.1) is 0 Å². The molecule has 0 bridgehead atoms. The number of nitrogens with zero attached hydrogens (tertiary/aromatic N) is 4. The van der Waals surface area contributed by atoms with E-state index in [0.29, 0.717) is 23.6 Å². The number of halogens is 3. The molecule has 3 N–H and O–H groups in total. The molecule has 1 atom stereocenters. The van der Waals surface area contributed by atoms with Crippen molar-refractivity contribution in [3.63, 3.8) is 0 Å². The Labute approximate surface area is 163 Å². The molecule has 0 unspecified atom stereocenters. The Hall–Kier alpha value is -2.47. The van der Waals surface area contributed by atoms with Gasteiger partial charge in [0, 0.05) is 24.5 Å². The number of benzene rings is 1. The van der Waals surface area contributed by atoms with E-state index in [-0.39, 0.29) is 11.1 Å². The Morgan fingerprint density at radius 1 is 1.25 bits per heavy atom. The molecule has 12 heteroatoms. The number of alkyl halides is 3. The van der Waals surface area contributed by atoms with Gasteiger partial charge >= 0.3 is 6.18 Å². The highest BCUT2D eigenvalue weighted by Crippen LogP contribution is 2.30. The van der Waals surface area contributed by atoms with Crippen LogP contribution in [0.25, 0.3) is 0 Å². The van der Waals surface area contributed by atoms with E-state index in [1.165, 1.54) is 0 Å². The van der Waals surface area contributed by atoms with E-state index in [2.05, 4.69) is 20.4 Å². The first kappa shape index (κ1) is 20.3. The number of nitrogen functional groups attached to an aromatic ring is 1. The van der Waals surface area contributed by atoms with E-state index in [9.17, 15) is 18.0 Å². The van der Waals surface area contributed by atoms with Crippen LogP contribution in [0.1, 0.15) is 12.7 Å². The molecule has 1 aliphatic heterocycles. The van der Waals surface area contributed by atoms with E-state index in [1.807, 2.05) is 12.1 Å². The number of nitrogens with one attached hydrogen (secondary N) is 1. The molecule has 8 nitrogen and oxygen atoms in total. The first-order valence-corrected chi connectivity index (χ1v) is 9.31. The molecule has 0 aliphatic carbocycles. The summed E-state index contributed by atoms with van der Waals surface area (Å²) in [4.78, 5) is 14.5. The molecule has 0 spiro atoms. The van der Waals surface area contributed by atoms with Crippen LogP contribution < -0.4 is 16.1 Å². The SMILES string of the molecule is C[C@@H](Sc1nnc(C(F)(F)F)n1N)C(=O)Nc1ccc(N2CCOCC2)cc1. The van der Waals surface area contributed by atoms with E-state index < -0.39 is 17.3 Å². The number of morpholine rings is 1. The van der Waals surface area contributed by atoms with Crippen molar-refractivity contribution >= 4 is 29.0 Å². The largest absolute Gasteiger partial charge is 0.453 e. The minimum Gasteiger partial charge on any atom is -0.378 e. The number of hydrogen-bond acceptors (Lipinski definition) is 7. The predicted octanol–water partition coefficient (Wildman–Crippen LogP) is 1.97. The Balaban J connectivity index is 1.59. The first-order valence-electron chi connectivity index (χ1n) is 8.43. The summed E-state index contributed by atoms with van der Waals surface area (Å²) in [5, 5.41) is 8.24. The van der Waals surface area contributed by atoms with E-state index in [4.69, 9.17) is 10.6 Å². The number of carbonyl (C=O) groups is 1. The van der Waals surface area contributed by atoms with Gasteiger partial charge in [-0.2, -0.15) is 13.2 Å². The second-order valence-corrected chi connectivity index (χ2v) is 7.38. The zero-order valence-corrected chi connectivity index (χ0v) is 15.8. The van der Waals surface area contributed by atoms with Gasteiger partial charge in [-0.1, -0.05) is 11.8 Å². The van der Waals surface area contributed by atoms with Crippen LogP contribution in [0.5, 0.6) is 0 Å². The van der Waals surface area contributed by atoms with Crippen molar-refractivity contribution in [1.82, 2.24) is 14.9 Å². The summed E-state index contributed by atoms with van der Waals surface area (Å²) < 4.78 is 43.8. The quantitative estimate of drug-likeness (QED) is 0.568. The van der Waals surface area contributed by atoms with Gasteiger partial charge in [-0.15, -0.1) is 10.2 Å². The van der Waals surface area contributed by atoms with Gasteiger partial charge < -0.3 is 20.8 Å². The fourth-order valence-corrected chi connectivity index (χ4v) is 3.35. The molecule has 1 amide bonds. The normalized spacial score (nSPS) is 16.1. The number of hydrogen-bond donors (Lipinski definition) is 2. The van der Waals surface area contributed by atoms with Crippen molar-refractivity contribution in [2.75, 3.05) is 42.4 Å². The van der Waals surface area contributed by atoms with E-state index >= 15 is 0 Å². The molecule has 1 aromatic heterocycles. The number of rotatable bonds is 5. The van der Waals surface area contributed by atoms with Crippen LogP contribution in [-0.2, 0) is 15.7 Å². The number of thioether (sulfide) groups is 1. The predicted molar refractivity (Wildman–Crippen MR) is 98.6 cm³/mol.